The lowest BCUT2D eigenvalue weighted by Crippen LogP contribution is -2.14. The van der Waals surface area contributed by atoms with Crippen LogP contribution in [0.4, 0.5) is 5.69 Å². The molecule has 1 aromatic heterocycles. The number of benzene rings is 2. The molecule has 140 valence electrons. The maximum absolute atomic E-state index is 12.6. The first-order valence-corrected chi connectivity index (χ1v) is 10.0. The van der Waals surface area contributed by atoms with E-state index in [-0.39, 0.29) is 10.5 Å². The number of aromatic nitrogens is 3. The Bertz CT molecular complexity index is 1060. The Morgan fingerprint density at radius 3 is 2.56 bits per heavy atom. The number of anilines is 1. The summed E-state index contributed by atoms with van der Waals surface area (Å²) in [6.45, 7) is 0. The molecule has 27 heavy (non-hydrogen) atoms. The van der Waals surface area contributed by atoms with Crippen molar-refractivity contribution in [3.63, 3.8) is 0 Å². The first-order valence-electron chi connectivity index (χ1n) is 7.72. The van der Waals surface area contributed by atoms with Gasteiger partial charge < -0.3 is 9.30 Å². The summed E-state index contributed by atoms with van der Waals surface area (Å²) in [6, 6.07) is 12.5. The van der Waals surface area contributed by atoms with Gasteiger partial charge in [-0.2, -0.15) is 0 Å². The molecule has 10 heteroatoms. The van der Waals surface area contributed by atoms with Crippen LogP contribution < -0.4 is 4.72 Å². The molecule has 1 heterocycles. The van der Waals surface area contributed by atoms with E-state index in [9.17, 15) is 13.2 Å². The number of nitrogens with zero attached hydrogens (tertiary/aromatic N) is 3. The standard InChI is InChI=1S/C17H16N4O4S2/c1-21-11-18-19-17(21)26-14-8-6-13(7-9-14)20-27(23,24)15-5-3-4-12(10-15)16(22)25-2/h3-11,20H,1-2H3. The summed E-state index contributed by atoms with van der Waals surface area (Å²) in [6.07, 6.45) is 1.60. The van der Waals surface area contributed by atoms with E-state index in [1.54, 1.807) is 35.2 Å². The van der Waals surface area contributed by atoms with Gasteiger partial charge in [0.15, 0.2) is 5.16 Å². The van der Waals surface area contributed by atoms with E-state index in [0.717, 1.165) is 10.1 Å². The van der Waals surface area contributed by atoms with E-state index in [0.29, 0.717) is 5.69 Å². The highest BCUT2D eigenvalue weighted by molar-refractivity contribution is 7.99. The van der Waals surface area contributed by atoms with Crippen molar-refractivity contribution in [3.05, 3.63) is 60.4 Å². The number of esters is 1. The van der Waals surface area contributed by atoms with Crippen LogP contribution in [0, 0.1) is 0 Å². The largest absolute Gasteiger partial charge is 0.465 e. The van der Waals surface area contributed by atoms with Crippen LogP contribution in [-0.2, 0) is 21.8 Å². The molecule has 0 aliphatic heterocycles. The summed E-state index contributed by atoms with van der Waals surface area (Å²) >= 11 is 1.41. The van der Waals surface area contributed by atoms with Crippen LogP contribution in [0.1, 0.15) is 10.4 Å². The Hall–Kier alpha value is -2.85. The second-order valence-electron chi connectivity index (χ2n) is 5.48. The van der Waals surface area contributed by atoms with Crippen LogP contribution >= 0.6 is 11.8 Å². The zero-order valence-corrected chi connectivity index (χ0v) is 16.1. The highest BCUT2D eigenvalue weighted by atomic mass is 32.2. The topological polar surface area (TPSA) is 103 Å². The minimum absolute atomic E-state index is 0.0251. The molecule has 0 aliphatic carbocycles. The fourth-order valence-electron chi connectivity index (χ4n) is 2.18. The van der Waals surface area contributed by atoms with Gasteiger partial charge >= 0.3 is 5.97 Å². The van der Waals surface area contributed by atoms with Crippen molar-refractivity contribution < 1.29 is 17.9 Å². The molecule has 2 aromatic carbocycles. The number of carbonyl (C=O) groups excluding carboxylic acids is 1. The third-order valence-corrected chi connectivity index (χ3v) is 5.99. The summed E-state index contributed by atoms with van der Waals surface area (Å²) in [5, 5.41) is 8.52. The molecule has 0 aliphatic rings. The fraction of sp³-hybridized carbons (Fsp3) is 0.118. The average molecular weight is 404 g/mol. The minimum atomic E-state index is -3.84. The normalized spacial score (nSPS) is 11.2. The molecular formula is C17H16N4O4S2. The van der Waals surface area contributed by atoms with Crippen molar-refractivity contribution >= 4 is 33.4 Å². The van der Waals surface area contributed by atoms with Crippen LogP contribution in [0.25, 0.3) is 0 Å². The molecule has 3 rings (SSSR count). The Kier molecular flexibility index (Phi) is 5.47. The van der Waals surface area contributed by atoms with Gasteiger partial charge in [0.25, 0.3) is 10.0 Å². The van der Waals surface area contributed by atoms with Gasteiger partial charge in [0.2, 0.25) is 0 Å². The van der Waals surface area contributed by atoms with E-state index in [1.165, 1.54) is 43.1 Å². The Morgan fingerprint density at radius 1 is 1.19 bits per heavy atom. The molecule has 0 saturated heterocycles. The number of hydrogen-bond acceptors (Lipinski definition) is 7. The van der Waals surface area contributed by atoms with E-state index < -0.39 is 16.0 Å². The zero-order valence-electron chi connectivity index (χ0n) is 14.5. The summed E-state index contributed by atoms with van der Waals surface area (Å²) in [5.41, 5.74) is 0.566. The van der Waals surface area contributed by atoms with Gasteiger partial charge in [0.1, 0.15) is 6.33 Å². The number of hydrogen-bond donors (Lipinski definition) is 1. The van der Waals surface area contributed by atoms with Gasteiger partial charge in [-0.3, -0.25) is 4.72 Å². The van der Waals surface area contributed by atoms with Gasteiger partial charge in [-0.25, -0.2) is 13.2 Å². The number of rotatable bonds is 6. The average Bonchev–Trinajstić information content (AvgIpc) is 3.07. The molecule has 8 nitrogen and oxygen atoms in total. The maximum Gasteiger partial charge on any atom is 0.337 e. The van der Waals surface area contributed by atoms with Crippen molar-refractivity contribution in [2.24, 2.45) is 7.05 Å². The predicted molar refractivity (Wildman–Crippen MR) is 100 cm³/mol. The number of aryl methyl sites for hydroxylation is 1. The predicted octanol–water partition coefficient (Wildman–Crippen LogP) is 2.55. The van der Waals surface area contributed by atoms with Gasteiger partial charge in [-0.1, -0.05) is 6.07 Å². The molecular weight excluding hydrogens is 388 g/mol. The third-order valence-electron chi connectivity index (χ3n) is 3.55. The van der Waals surface area contributed by atoms with Crippen molar-refractivity contribution in [1.29, 1.82) is 0 Å². The number of carbonyl (C=O) groups is 1. The Labute approximate surface area is 160 Å². The first kappa shape index (κ1) is 18.9. The molecule has 0 unspecified atom stereocenters. The summed E-state index contributed by atoms with van der Waals surface area (Å²) in [5.74, 6) is -0.600. The number of sulfonamides is 1. The minimum Gasteiger partial charge on any atom is -0.465 e. The summed E-state index contributed by atoms with van der Waals surface area (Å²) in [4.78, 5) is 12.5. The number of methoxy groups -OCH3 is 1. The van der Waals surface area contributed by atoms with Gasteiger partial charge in [-0.15, -0.1) is 10.2 Å². The lowest BCUT2D eigenvalue weighted by atomic mass is 10.2. The van der Waals surface area contributed by atoms with Crippen molar-refractivity contribution in [2.75, 3.05) is 11.8 Å². The molecule has 0 saturated carbocycles. The molecule has 0 bridgehead atoms. The van der Waals surface area contributed by atoms with Crippen LogP contribution in [0.3, 0.4) is 0 Å². The lowest BCUT2D eigenvalue weighted by molar-refractivity contribution is 0.0600. The number of ether oxygens (including phenoxy) is 1. The SMILES string of the molecule is COC(=O)c1cccc(S(=O)(=O)Nc2ccc(Sc3nncn3C)cc2)c1. The Balaban J connectivity index is 1.76. The molecule has 0 radical (unpaired) electrons. The van der Waals surface area contributed by atoms with Crippen LogP contribution in [-0.4, -0.2) is 36.3 Å². The third kappa shape index (κ3) is 4.47. The second kappa shape index (κ2) is 7.80. The summed E-state index contributed by atoms with van der Waals surface area (Å²) < 4.78 is 34.0. The van der Waals surface area contributed by atoms with Crippen LogP contribution in [0.2, 0.25) is 0 Å². The monoisotopic (exact) mass is 404 g/mol. The van der Waals surface area contributed by atoms with E-state index in [2.05, 4.69) is 19.7 Å². The molecule has 0 atom stereocenters. The molecule has 0 spiro atoms. The highest BCUT2D eigenvalue weighted by Gasteiger charge is 2.17. The van der Waals surface area contributed by atoms with Crippen molar-refractivity contribution in [3.8, 4) is 0 Å². The molecule has 0 amide bonds. The van der Waals surface area contributed by atoms with E-state index >= 15 is 0 Å². The van der Waals surface area contributed by atoms with Gasteiger partial charge in [0, 0.05) is 17.6 Å². The first-order chi connectivity index (χ1) is 12.9. The lowest BCUT2D eigenvalue weighted by Gasteiger charge is -2.09. The van der Waals surface area contributed by atoms with Crippen molar-refractivity contribution in [1.82, 2.24) is 14.8 Å². The van der Waals surface area contributed by atoms with Gasteiger partial charge in [-0.05, 0) is 54.2 Å². The van der Waals surface area contributed by atoms with E-state index in [1.807, 2.05) is 7.05 Å². The van der Waals surface area contributed by atoms with Crippen molar-refractivity contribution in [2.45, 2.75) is 14.9 Å². The Morgan fingerprint density at radius 2 is 1.93 bits per heavy atom. The zero-order chi connectivity index (χ0) is 19.4. The smallest absolute Gasteiger partial charge is 0.337 e. The van der Waals surface area contributed by atoms with E-state index in [4.69, 9.17) is 0 Å². The fourth-order valence-corrected chi connectivity index (χ4v) is 4.05. The highest BCUT2D eigenvalue weighted by Crippen LogP contribution is 2.27. The summed E-state index contributed by atoms with van der Waals surface area (Å²) in [7, 11) is -0.759. The molecule has 1 N–H and O–H groups in total. The van der Waals surface area contributed by atoms with Crippen LogP contribution in [0.15, 0.2) is 69.8 Å². The quantitative estimate of drug-likeness (QED) is 0.630. The molecule has 0 fully saturated rings. The maximum atomic E-state index is 12.6. The number of nitrogens with one attached hydrogen (secondary N) is 1. The molecule has 3 aromatic rings. The van der Waals surface area contributed by atoms with Gasteiger partial charge in [0.05, 0.1) is 17.6 Å². The second-order valence-corrected chi connectivity index (χ2v) is 8.20. The van der Waals surface area contributed by atoms with Crippen LogP contribution in [0.5, 0.6) is 0 Å².